The predicted molar refractivity (Wildman–Crippen MR) is 121 cm³/mol. The van der Waals surface area contributed by atoms with Crippen molar-refractivity contribution in [3.63, 3.8) is 0 Å². The lowest BCUT2D eigenvalue weighted by Crippen LogP contribution is -2.14. The summed E-state index contributed by atoms with van der Waals surface area (Å²) >= 11 is 6.34. The van der Waals surface area contributed by atoms with E-state index in [4.69, 9.17) is 14.2 Å². The van der Waals surface area contributed by atoms with Gasteiger partial charge in [-0.1, -0.05) is 39.8 Å². The molecule has 2 aromatic carbocycles. The molecule has 1 amide bonds. The van der Waals surface area contributed by atoms with Gasteiger partial charge < -0.3 is 19.5 Å². The molecule has 0 bridgehead atoms. The first-order valence-electron chi connectivity index (χ1n) is 8.48. The van der Waals surface area contributed by atoms with Gasteiger partial charge in [-0.25, -0.2) is 4.98 Å². The second kappa shape index (κ2) is 10.00. The fourth-order valence-electron chi connectivity index (χ4n) is 2.55. The Morgan fingerprint density at radius 2 is 1.76 bits per heavy atom. The van der Waals surface area contributed by atoms with Gasteiger partial charge in [-0.2, -0.15) is 0 Å². The summed E-state index contributed by atoms with van der Waals surface area (Å²) in [6.45, 7) is 0. The number of rotatable bonds is 8. The van der Waals surface area contributed by atoms with Crippen molar-refractivity contribution in [2.24, 2.45) is 0 Å². The molecule has 0 saturated heterocycles. The maximum atomic E-state index is 12.4. The molecule has 0 radical (unpaired) electrons. The molecule has 0 fully saturated rings. The lowest BCUT2D eigenvalue weighted by atomic mass is 10.2. The van der Waals surface area contributed by atoms with Gasteiger partial charge in [-0.05, 0) is 12.1 Å². The fraction of sp³-hybridized carbons (Fsp3) is 0.200. The molecular formula is C20H19BrN2O4S2. The van der Waals surface area contributed by atoms with Crippen LogP contribution in [0.1, 0.15) is 0 Å². The zero-order valence-corrected chi connectivity index (χ0v) is 19.2. The number of nitrogens with zero attached hydrogens (tertiary/aromatic N) is 1. The van der Waals surface area contributed by atoms with E-state index < -0.39 is 0 Å². The summed E-state index contributed by atoms with van der Waals surface area (Å²) in [4.78, 5) is 17.0. The Kier molecular flexibility index (Phi) is 7.40. The van der Waals surface area contributed by atoms with Crippen LogP contribution in [0.4, 0.5) is 5.69 Å². The molecular weight excluding hydrogens is 476 g/mol. The number of anilines is 1. The smallest absolute Gasteiger partial charge is 0.234 e. The Morgan fingerprint density at radius 1 is 1.10 bits per heavy atom. The van der Waals surface area contributed by atoms with Crippen LogP contribution in [0.15, 0.2) is 50.6 Å². The summed E-state index contributed by atoms with van der Waals surface area (Å²) in [7, 11) is 4.60. The number of amides is 1. The van der Waals surface area contributed by atoms with Crippen LogP contribution < -0.4 is 19.5 Å². The Balaban J connectivity index is 1.62. The van der Waals surface area contributed by atoms with Gasteiger partial charge in [0.25, 0.3) is 0 Å². The molecule has 0 aliphatic rings. The zero-order valence-electron chi connectivity index (χ0n) is 16.0. The first-order valence-corrected chi connectivity index (χ1v) is 11.1. The molecule has 1 aromatic heterocycles. The predicted octanol–water partition coefficient (Wildman–Crippen LogP) is 5.33. The third kappa shape index (κ3) is 5.43. The van der Waals surface area contributed by atoms with Crippen molar-refractivity contribution in [3.05, 3.63) is 46.3 Å². The molecule has 9 heteroatoms. The number of benzene rings is 2. The van der Waals surface area contributed by atoms with Gasteiger partial charge in [0.2, 0.25) is 11.7 Å². The number of hydrogen-bond acceptors (Lipinski definition) is 7. The van der Waals surface area contributed by atoms with Crippen molar-refractivity contribution in [1.82, 2.24) is 4.98 Å². The average Bonchev–Trinajstić information content (AvgIpc) is 3.21. The third-order valence-corrected chi connectivity index (χ3v) is 6.45. The molecule has 0 atom stereocenters. The Bertz CT molecular complexity index is 967. The lowest BCUT2D eigenvalue weighted by molar-refractivity contribution is -0.113. The minimum Gasteiger partial charge on any atom is -0.493 e. The van der Waals surface area contributed by atoms with Crippen LogP contribution in [0, 0.1) is 0 Å². The third-order valence-electron chi connectivity index (χ3n) is 3.90. The molecule has 0 unspecified atom stereocenters. The summed E-state index contributed by atoms with van der Waals surface area (Å²) in [6.07, 6.45) is 0. The fourth-order valence-corrected chi connectivity index (χ4v) is 4.45. The molecule has 1 N–H and O–H groups in total. The number of ether oxygens (including phenoxy) is 3. The van der Waals surface area contributed by atoms with Gasteiger partial charge in [0.1, 0.15) is 0 Å². The normalized spacial score (nSPS) is 10.5. The number of halogens is 1. The second-order valence-electron chi connectivity index (χ2n) is 5.76. The Morgan fingerprint density at radius 3 is 2.34 bits per heavy atom. The van der Waals surface area contributed by atoms with Gasteiger partial charge in [-0.15, -0.1) is 11.3 Å². The van der Waals surface area contributed by atoms with Crippen molar-refractivity contribution >= 4 is 50.6 Å². The number of carbonyl (C=O) groups is 1. The monoisotopic (exact) mass is 494 g/mol. The average molecular weight is 495 g/mol. The van der Waals surface area contributed by atoms with E-state index in [1.54, 1.807) is 12.1 Å². The van der Waals surface area contributed by atoms with E-state index in [2.05, 4.69) is 26.2 Å². The molecule has 3 rings (SSSR count). The number of carbonyl (C=O) groups excluding carboxylic acids is 1. The maximum Gasteiger partial charge on any atom is 0.234 e. The van der Waals surface area contributed by atoms with Crippen LogP contribution in [0.3, 0.4) is 0 Å². The van der Waals surface area contributed by atoms with E-state index in [1.165, 1.54) is 44.4 Å². The number of thiazole rings is 1. The number of thioether (sulfide) groups is 1. The highest BCUT2D eigenvalue weighted by molar-refractivity contribution is 9.10. The minimum atomic E-state index is -0.148. The SMILES string of the molecule is COc1cc(NC(=O)CSc2nc(-c3ccc(Br)cc3)cs2)cc(OC)c1OC. The summed E-state index contributed by atoms with van der Waals surface area (Å²) < 4.78 is 17.8. The number of nitrogens with one attached hydrogen (secondary N) is 1. The summed E-state index contributed by atoms with van der Waals surface area (Å²) in [5.74, 6) is 1.53. The molecule has 29 heavy (non-hydrogen) atoms. The van der Waals surface area contributed by atoms with Gasteiger partial charge >= 0.3 is 0 Å². The number of methoxy groups -OCH3 is 3. The van der Waals surface area contributed by atoms with E-state index in [0.717, 1.165) is 20.1 Å². The van der Waals surface area contributed by atoms with Crippen LogP contribution in [-0.4, -0.2) is 38.0 Å². The van der Waals surface area contributed by atoms with Crippen molar-refractivity contribution < 1.29 is 19.0 Å². The summed E-state index contributed by atoms with van der Waals surface area (Å²) in [6, 6.07) is 11.4. The largest absolute Gasteiger partial charge is 0.493 e. The van der Waals surface area contributed by atoms with Gasteiger partial charge in [0, 0.05) is 33.2 Å². The first kappa shape index (κ1) is 21.5. The molecule has 6 nitrogen and oxygen atoms in total. The van der Waals surface area contributed by atoms with E-state index >= 15 is 0 Å². The van der Waals surface area contributed by atoms with Crippen LogP contribution >= 0.6 is 39.0 Å². The topological polar surface area (TPSA) is 69.7 Å². The minimum absolute atomic E-state index is 0.148. The highest BCUT2D eigenvalue weighted by Crippen LogP contribution is 2.40. The molecule has 1 heterocycles. The molecule has 0 saturated carbocycles. The van der Waals surface area contributed by atoms with Gasteiger partial charge in [0.05, 0.1) is 32.8 Å². The second-order valence-corrected chi connectivity index (χ2v) is 8.75. The zero-order chi connectivity index (χ0) is 20.8. The molecule has 0 spiro atoms. The lowest BCUT2D eigenvalue weighted by Gasteiger charge is -2.14. The van der Waals surface area contributed by atoms with E-state index in [9.17, 15) is 4.79 Å². The molecule has 152 valence electrons. The highest BCUT2D eigenvalue weighted by atomic mass is 79.9. The van der Waals surface area contributed by atoms with Crippen molar-refractivity contribution in [2.45, 2.75) is 4.34 Å². The van der Waals surface area contributed by atoms with Gasteiger partial charge in [-0.3, -0.25) is 4.79 Å². The Labute approximate surface area is 185 Å². The summed E-state index contributed by atoms with van der Waals surface area (Å²) in [5, 5.41) is 4.84. The van der Waals surface area contributed by atoms with Crippen LogP contribution in [-0.2, 0) is 4.79 Å². The number of hydrogen-bond donors (Lipinski definition) is 1. The number of aromatic nitrogens is 1. The standard InChI is InChI=1S/C20H19BrN2O4S2/c1-25-16-8-14(9-17(26-2)19(16)27-3)22-18(24)11-29-20-23-15(10-28-20)12-4-6-13(21)7-5-12/h4-10H,11H2,1-3H3,(H,22,24). The van der Waals surface area contributed by atoms with Crippen molar-refractivity contribution in [3.8, 4) is 28.5 Å². The van der Waals surface area contributed by atoms with E-state index in [1.807, 2.05) is 29.6 Å². The van der Waals surface area contributed by atoms with Gasteiger partial charge in [0.15, 0.2) is 15.8 Å². The quantitative estimate of drug-likeness (QED) is 0.426. The van der Waals surface area contributed by atoms with Crippen LogP contribution in [0.25, 0.3) is 11.3 Å². The highest BCUT2D eigenvalue weighted by Gasteiger charge is 2.15. The molecule has 0 aliphatic carbocycles. The molecule has 3 aromatic rings. The van der Waals surface area contributed by atoms with Crippen LogP contribution in [0.2, 0.25) is 0 Å². The van der Waals surface area contributed by atoms with Crippen LogP contribution in [0.5, 0.6) is 17.2 Å². The molecule has 0 aliphatic heterocycles. The summed E-state index contributed by atoms with van der Waals surface area (Å²) in [5.41, 5.74) is 2.51. The first-order chi connectivity index (χ1) is 14.0. The maximum absolute atomic E-state index is 12.4. The van der Waals surface area contributed by atoms with Crippen molar-refractivity contribution in [2.75, 3.05) is 32.4 Å². The van der Waals surface area contributed by atoms with E-state index in [0.29, 0.717) is 22.9 Å². The van der Waals surface area contributed by atoms with E-state index in [-0.39, 0.29) is 11.7 Å². The van der Waals surface area contributed by atoms with Crippen molar-refractivity contribution in [1.29, 1.82) is 0 Å². The Hall–Kier alpha value is -2.23.